The van der Waals surface area contributed by atoms with Gasteiger partial charge in [0, 0.05) is 47.4 Å². The van der Waals surface area contributed by atoms with Crippen molar-refractivity contribution >= 4 is 34.7 Å². The molecule has 0 radical (unpaired) electrons. The lowest BCUT2D eigenvalue weighted by molar-refractivity contribution is -0.114. The lowest BCUT2D eigenvalue weighted by Crippen LogP contribution is -2.29. The van der Waals surface area contributed by atoms with Crippen LogP contribution in [0.1, 0.15) is 43.5 Å². The number of carbonyl (C=O) groups excluding carboxylic acids is 3. The highest BCUT2D eigenvalue weighted by Crippen LogP contribution is 2.22. The molecular formula is C24H27N3O3. The first kappa shape index (κ1) is 21.3. The molecule has 3 rings (SSSR count). The summed E-state index contributed by atoms with van der Waals surface area (Å²) in [7, 11) is 0. The highest BCUT2D eigenvalue weighted by molar-refractivity contribution is 6.10. The van der Waals surface area contributed by atoms with Crippen molar-refractivity contribution in [2.75, 3.05) is 28.6 Å². The SMILES string of the molecule is CC(=O)c1ccc(NC(=O)/C=C(/C)C(=O)Nc2ccc(N3CCCCC3)cc2)cc1. The Morgan fingerprint density at radius 1 is 0.800 bits per heavy atom. The molecular weight excluding hydrogens is 378 g/mol. The third-order valence-electron chi connectivity index (χ3n) is 5.11. The first-order valence-corrected chi connectivity index (χ1v) is 10.2. The highest BCUT2D eigenvalue weighted by atomic mass is 16.2. The molecule has 6 nitrogen and oxygen atoms in total. The van der Waals surface area contributed by atoms with Gasteiger partial charge in [0.1, 0.15) is 0 Å². The van der Waals surface area contributed by atoms with Crippen LogP contribution >= 0.6 is 0 Å². The van der Waals surface area contributed by atoms with Crippen molar-refractivity contribution in [3.63, 3.8) is 0 Å². The molecule has 2 amide bonds. The molecule has 1 aliphatic heterocycles. The molecule has 0 atom stereocenters. The van der Waals surface area contributed by atoms with Crippen LogP contribution in [-0.2, 0) is 9.59 Å². The minimum atomic E-state index is -0.404. The molecule has 0 saturated carbocycles. The van der Waals surface area contributed by atoms with Gasteiger partial charge in [-0.15, -0.1) is 0 Å². The molecule has 1 aliphatic rings. The molecule has 2 N–H and O–H groups in total. The fraction of sp³-hybridized carbons (Fsp3) is 0.292. The first-order chi connectivity index (χ1) is 14.4. The summed E-state index contributed by atoms with van der Waals surface area (Å²) in [6.07, 6.45) is 4.97. The number of hydrogen-bond donors (Lipinski definition) is 2. The zero-order chi connectivity index (χ0) is 21.5. The van der Waals surface area contributed by atoms with Gasteiger partial charge in [-0.05, 0) is 81.6 Å². The van der Waals surface area contributed by atoms with E-state index in [4.69, 9.17) is 0 Å². The number of rotatable bonds is 6. The van der Waals surface area contributed by atoms with Crippen LogP contribution in [-0.4, -0.2) is 30.7 Å². The first-order valence-electron chi connectivity index (χ1n) is 10.2. The number of ketones is 1. The van der Waals surface area contributed by atoms with Crippen LogP contribution in [0.5, 0.6) is 0 Å². The molecule has 0 aromatic heterocycles. The van der Waals surface area contributed by atoms with Gasteiger partial charge in [0.15, 0.2) is 5.78 Å². The van der Waals surface area contributed by atoms with Gasteiger partial charge < -0.3 is 15.5 Å². The van der Waals surface area contributed by atoms with Gasteiger partial charge in [0.25, 0.3) is 5.91 Å². The average molecular weight is 405 g/mol. The second kappa shape index (κ2) is 9.87. The molecule has 2 aromatic rings. The number of nitrogens with one attached hydrogen (secondary N) is 2. The van der Waals surface area contributed by atoms with Crippen molar-refractivity contribution in [2.24, 2.45) is 0 Å². The molecule has 0 bridgehead atoms. The van der Waals surface area contributed by atoms with Gasteiger partial charge in [-0.3, -0.25) is 14.4 Å². The zero-order valence-corrected chi connectivity index (χ0v) is 17.4. The van der Waals surface area contributed by atoms with Gasteiger partial charge in [-0.1, -0.05) is 0 Å². The van der Waals surface area contributed by atoms with E-state index in [1.54, 1.807) is 31.2 Å². The van der Waals surface area contributed by atoms with Crippen molar-refractivity contribution < 1.29 is 14.4 Å². The Hall–Kier alpha value is -3.41. The van der Waals surface area contributed by atoms with Crippen molar-refractivity contribution in [3.8, 4) is 0 Å². The number of Topliss-reactive ketones (excluding diaryl/α,β-unsaturated/α-hetero) is 1. The molecule has 30 heavy (non-hydrogen) atoms. The molecule has 6 heteroatoms. The number of amides is 2. The number of carbonyl (C=O) groups is 3. The predicted octanol–water partition coefficient (Wildman–Crippen LogP) is 4.40. The molecule has 1 fully saturated rings. The number of nitrogens with zero attached hydrogens (tertiary/aromatic N) is 1. The van der Waals surface area contributed by atoms with Crippen LogP contribution in [0, 0.1) is 0 Å². The Morgan fingerprint density at radius 2 is 1.37 bits per heavy atom. The van der Waals surface area contributed by atoms with Crippen LogP contribution < -0.4 is 15.5 Å². The normalized spacial score (nSPS) is 14.2. The van der Waals surface area contributed by atoms with Crippen molar-refractivity contribution in [1.29, 1.82) is 0 Å². The molecule has 0 aliphatic carbocycles. The number of benzene rings is 2. The lowest BCUT2D eigenvalue weighted by Gasteiger charge is -2.28. The van der Waals surface area contributed by atoms with Crippen LogP contribution in [0.2, 0.25) is 0 Å². The van der Waals surface area contributed by atoms with Gasteiger partial charge in [0.05, 0.1) is 0 Å². The van der Waals surface area contributed by atoms with Crippen molar-refractivity contribution in [1.82, 2.24) is 0 Å². The van der Waals surface area contributed by atoms with Crippen molar-refractivity contribution in [2.45, 2.75) is 33.1 Å². The standard InChI is InChI=1S/C24H27N3O3/c1-17(16-23(29)25-20-8-6-19(7-9-20)18(2)28)24(30)26-21-10-12-22(13-11-21)27-14-4-3-5-15-27/h6-13,16H,3-5,14-15H2,1-2H3,(H,25,29)(H,26,30)/b17-16-. The second-order valence-electron chi connectivity index (χ2n) is 7.50. The summed E-state index contributed by atoms with van der Waals surface area (Å²) in [5.74, 6) is -0.772. The highest BCUT2D eigenvalue weighted by Gasteiger charge is 2.12. The number of hydrogen-bond acceptors (Lipinski definition) is 4. The maximum absolute atomic E-state index is 12.4. The third-order valence-corrected chi connectivity index (χ3v) is 5.11. The van der Waals surface area contributed by atoms with Crippen LogP contribution in [0.3, 0.4) is 0 Å². The molecule has 1 heterocycles. The molecule has 2 aromatic carbocycles. The molecule has 1 saturated heterocycles. The average Bonchev–Trinajstić information content (AvgIpc) is 2.75. The van der Waals surface area contributed by atoms with Crippen LogP contribution in [0.25, 0.3) is 0 Å². The smallest absolute Gasteiger partial charge is 0.251 e. The summed E-state index contributed by atoms with van der Waals surface area (Å²) in [5.41, 5.74) is 3.28. The Morgan fingerprint density at radius 3 is 1.97 bits per heavy atom. The van der Waals surface area contributed by atoms with E-state index in [1.807, 2.05) is 24.3 Å². The predicted molar refractivity (Wildman–Crippen MR) is 120 cm³/mol. The van der Waals surface area contributed by atoms with Gasteiger partial charge >= 0.3 is 0 Å². The summed E-state index contributed by atoms with van der Waals surface area (Å²) < 4.78 is 0. The van der Waals surface area contributed by atoms with Crippen LogP contribution in [0.4, 0.5) is 17.1 Å². The van der Waals surface area contributed by atoms with E-state index in [9.17, 15) is 14.4 Å². The van der Waals surface area contributed by atoms with E-state index in [0.29, 0.717) is 22.5 Å². The minimum absolute atomic E-state index is 0.0377. The molecule has 0 unspecified atom stereocenters. The molecule has 156 valence electrons. The van der Waals surface area contributed by atoms with E-state index in [1.165, 1.54) is 32.3 Å². The summed E-state index contributed by atoms with van der Waals surface area (Å²) in [4.78, 5) is 38.2. The topological polar surface area (TPSA) is 78.5 Å². The van der Waals surface area contributed by atoms with Gasteiger partial charge in [0.2, 0.25) is 5.91 Å². The quantitative estimate of drug-likeness (QED) is 0.551. The van der Waals surface area contributed by atoms with E-state index < -0.39 is 5.91 Å². The Bertz CT molecular complexity index is 941. The second-order valence-corrected chi connectivity index (χ2v) is 7.50. The Labute approximate surface area is 177 Å². The summed E-state index contributed by atoms with van der Waals surface area (Å²) in [6.45, 7) is 5.22. The maximum Gasteiger partial charge on any atom is 0.251 e. The molecule has 0 spiro atoms. The van der Waals surface area contributed by atoms with Gasteiger partial charge in [-0.2, -0.15) is 0 Å². The van der Waals surface area contributed by atoms with E-state index in [-0.39, 0.29) is 11.7 Å². The van der Waals surface area contributed by atoms with E-state index in [0.717, 1.165) is 18.8 Å². The fourth-order valence-electron chi connectivity index (χ4n) is 3.37. The van der Waals surface area contributed by atoms with E-state index >= 15 is 0 Å². The number of anilines is 3. The summed E-state index contributed by atoms with van der Waals surface area (Å²) in [5, 5.41) is 5.51. The third kappa shape index (κ3) is 5.80. The largest absolute Gasteiger partial charge is 0.372 e. The summed E-state index contributed by atoms with van der Waals surface area (Å²) in [6, 6.07) is 14.4. The monoisotopic (exact) mass is 405 g/mol. The number of piperidine rings is 1. The lowest BCUT2D eigenvalue weighted by atomic mass is 10.1. The maximum atomic E-state index is 12.4. The summed E-state index contributed by atoms with van der Waals surface area (Å²) >= 11 is 0. The Kier molecular flexibility index (Phi) is 7.01. The zero-order valence-electron chi connectivity index (χ0n) is 17.4. The minimum Gasteiger partial charge on any atom is -0.372 e. The Balaban J connectivity index is 1.55. The van der Waals surface area contributed by atoms with Crippen LogP contribution in [0.15, 0.2) is 60.2 Å². The van der Waals surface area contributed by atoms with E-state index in [2.05, 4.69) is 15.5 Å². The van der Waals surface area contributed by atoms with Crippen molar-refractivity contribution in [3.05, 3.63) is 65.7 Å². The fourth-order valence-corrected chi connectivity index (χ4v) is 3.37. The van der Waals surface area contributed by atoms with Gasteiger partial charge in [-0.25, -0.2) is 0 Å².